The largest absolute Gasteiger partial charge is 0.467 e. The summed E-state index contributed by atoms with van der Waals surface area (Å²) in [5.74, 6) is 0.961. The number of para-hydroxylation sites is 1. The Bertz CT molecular complexity index is 910. The fourth-order valence-electron chi connectivity index (χ4n) is 3.44. The number of nitrogens with one attached hydrogen (secondary N) is 2. The van der Waals surface area contributed by atoms with Crippen LogP contribution in [0.15, 0.2) is 63.2 Å². The second kappa shape index (κ2) is 8.02. The van der Waals surface area contributed by atoms with E-state index in [-0.39, 0.29) is 12.6 Å². The first-order valence-corrected chi connectivity index (χ1v) is 10.1. The predicted molar refractivity (Wildman–Crippen MR) is 106 cm³/mol. The Balaban J connectivity index is 1.73. The van der Waals surface area contributed by atoms with Crippen LogP contribution in [0.3, 0.4) is 0 Å². The van der Waals surface area contributed by atoms with Crippen molar-refractivity contribution in [1.82, 2.24) is 10.6 Å². The first-order valence-electron chi connectivity index (χ1n) is 9.15. The van der Waals surface area contributed by atoms with Crippen molar-refractivity contribution in [2.24, 2.45) is 0 Å². The number of rotatable bonds is 5. The molecule has 8 heteroatoms. The smallest absolute Gasteiger partial charge is 0.338 e. The lowest BCUT2D eigenvalue weighted by atomic mass is 9.99. The molecule has 2 N–H and O–H groups in total. The van der Waals surface area contributed by atoms with Crippen molar-refractivity contribution >= 4 is 29.4 Å². The number of esters is 1. The minimum atomic E-state index is -0.688. The summed E-state index contributed by atoms with van der Waals surface area (Å²) in [6.07, 6.45) is 1.52. The van der Waals surface area contributed by atoms with E-state index >= 15 is 0 Å². The van der Waals surface area contributed by atoms with E-state index < -0.39 is 12.0 Å². The number of nitrogens with zero attached hydrogens (tertiary/aromatic N) is 1. The van der Waals surface area contributed by atoms with Crippen LogP contribution in [0.2, 0.25) is 0 Å². The molecule has 1 aromatic carbocycles. The number of furan rings is 1. The topological polar surface area (TPSA) is 83.8 Å². The highest BCUT2D eigenvalue weighted by Crippen LogP contribution is 2.36. The molecule has 3 heterocycles. The maximum absolute atomic E-state index is 12.8. The number of anilines is 1. The van der Waals surface area contributed by atoms with Crippen molar-refractivity contribution in [3.05, 3.63) is 59.7 Å². The van der Waals surface area contributed by atoms with E-state index in [1.807, 2.05) is 12.1 Å². The van der Waals surface area contributed by atoms with Gasteiger partial charge in [-0.25, -0.2) is 9.59 Å². The molecule has 1 aromatic heterocycles. The molecule has 2 aliphatic heterocycles. The molecule has 7 nitrogen and oxygen atoms in total. The Hall–Kier alpha value is -2.87. The van der Waals surface area contributed by atoms with Crippen LogP contribution in [-0.2, 0) is 9.53 Å². The quantitative estimate of drug-likeness (QED) is 0.752. The lowest BCUT2D eigenvalue weighted by molar-refractivity contribution is -0.139. The van der Waals surface area contributed by atoms with E-state index in [4.69, 9.17) is 9.15 Å². The Kier molecular flexibility index (Phi) is 5.29. The third-order valence-corrected chi connectivity index (χ3v) is 5.69. The molecule has 0 saturated carbocycles. The maximum Gasteiger partial charge on any atom is 0.338 e. The normalized spacial score (nSPS) is 19.0. The fourth-order valence-corrected chi connectivity index (χ4v) is 4.49. The van der Waals surface area contributed by atoms with Crippen molar-refractivity contribution < 1.29 is 18.7 Å². The number of benzene rings is 1. The fraction of sp³-hybridized carbons (Fsp3) is 0.300. The average molecular weight is 399 g/mol. The summed E-state index contributed by atoms with van der Waals surface area (Å²) in [7, 11) is 0. The summed E-state index contributed by atoms with van der Waals surface area (Å²) < 4.78 is 10.8. The van der Waals surface area contributed by atoms with Gasteiger partial charge in [-0.15, -0.1) is 11.8 Å². The van der Waals surface area contributed by atoms with Gasteiger partial charge in [-0.3, -0.25) is 0 Å². The molecule has 2 amide bonds. The van der Waals surface area contributed by atoms with Crippen LogP contribution in [0.4, 0.5) is 10.5 Å². The van der Waals surface area contributed by atoms with Gasteiger partial charge in [0.05, 0.1) is 36.4 Å². The van der Waals surface area contributed by atoms with Crippen LogP contribution >= 0.6 is 11.8 Å². The average Bonchev–Trinajstić information content (AvgIpc) is 3.23. The monoisotopic (exact) mass is 399 g/mol. The molecule has 0 radical (unpaired) electrons. The predicted octanol–water partition coefficient (Wildman–Crippen LogP) is 3.06. The lowest BCUT2D eigenvalue weighted by Gasteiger charge is -2.34. The number of ether oxygens (including phenoxy) is 1. The van der Waals surface area contributed by atoms with E-state index in [1.54, 1.807) is 30.8 Å². The van der Waals surface area contributed by atoms with Crippen LogP contribution in [0.25, 0.3) is 0 Å². The molecule has 1 atom stereocenters. The summed E-state index contributed by atoms with van der Waals surface area (Å²) in [5.41, 5.74) is 1.99. The second-order valence-corrected chi connectivity index (χ2v) is 7.53. The van der Waals surface area contributed by atoms with Gasteiger partial charge in [0.25, 0.3) is 0 Å². The molecule has 4 rings (SSSR count). The number of thioether (sulfide) groups is 1. The zero-order chi connectivity index (χ0) is 19.5. The van der Waals surface area contributed by atoms with Crippen molar-refractivity contribution in [2.75, 3.05) is 30.3 Å². The number of hydrogen-bond acceptors (Lipinski definition) is 6. The second-order valence-electron chi connectivity index (χ2n) is 6.40. The van der Waals surface area contributed by atoms with Gasteiger partial charge in [0.1, 0.15) is 11.8 Å². The zero-order valence-electron chi connectivity index (χ0n) is 15.4. The first-order chi connectivity index (χ1) is 13.7. The summed E-state index contributed by atoms with van der Waals surface area (Å²) in [4.78, 5) is 28.5. The first kappa shape index (κ1) is 18.5. The molecule has 0 bridgehead atoms. The van der Waals surface area contributed by atoms with Crippen LogP contribution in [-0.4, -0.2) is 37.4 Å². The highest BCUT2D eigenvalue weighted by molar-refractivity contribution is 7.99. The Morgan fingerprint density at radius 2 is 2.18 bits per heavy atom. The molecule has 2 aromatic rings. The number of hydrogen-bond donors (Lipinski definition) is 2. The van der Waals surface area contributed by atoms with Gasteiger partial charge < -0.3 is 24.7 Å². The number of fused-ring (bicyclic) bond motifs is 1. The molecule has 146 valence electrons. The van der Waals surface area contributed by atoms with Crippen molar-refractivity contribution in [3.63, 3.8) is 0 Å². The van der Waals surface area contributed by atoms with Gasteiger partial charge in [-0.1, -0.05) is 12.1 Å². The minimum Gasteiger partial charge on any atom is -0.467 e. The Morgan fingerprint density at radius 3 is 2.96 bits per heavy atom. The number of carbonyl (C=O) groups is 2. The molecule has 0 aliphatic carbocycles. The SMILES string of the molecule is CCOC(=O)C1=C(CN2CCSc3ccccc32)NC(=O)N[C@@H]1c1ccco1. The third-order valence-electron chi connectivity index (χ3n) is 4.65. The summed E-state index contributed by atoms with van der Waals surface area (Å²) in [6.45, 7) is 3.22. The Labute approximate surface area is 167 Å². The highest BCUT2D eigenvalue weighted by Gasteiger charge is 2.36. The van der Waals surface area contributed by atoms with E-state index in [9.17, 15) is 9.59 Å². The van der Waals surface area contributed by atoms with Crippen LogP contribution < -0.4 is 15.5 Å². The summed E-state index contributed by atoms with van der Waals surface area (Å²) >= 11 is 1.80. The Morgan fingerprint density at radius 1 is 1.32 bits per heavy atom. The van der Waals surface area contributed by atoms with Gasteiger partial charge in [0.15, 0.2) is 0 Å². The van der Waals surface area contributed by atoms with Crippen molar-refractivity contribution in [3.8, 4) is 0 Å². The molecule has 0 saturated heterocycles. The molecule has 0 unspecified atom stereocenters. The third kappa shape index (κ3) is 3.60. The molecule has 2 aliphatic rings. The van der Waals surface area contributed by atoms with E-state index in [0.29, 0.717) is 23.6 Å². The van der Waals surface area contributed by atoms with Gasteiger partial charge in [-0.05, 0) is 31.2 Å². The van der Waals surface area contributed by atoms with E-state index in [2.05, 4.69) is 27.7 Å². The van der Waals surface area contributed by atoms with Gasteiger partial charge in [-0.2, -0.15) is 0 Å². The maximum atomic E-state index is 12.8. The van der Waals surface area contributed by atoms with Gasteiger partial charge >= 0.3 is 12.0 Å². The number of amides is 2. The van der Waals surface area contributed by atoms with Gasteiger partial charge in [0, 0.05) is 17.2 Å². The molecular formula is C20H21N3O4S. The van der Waals surface area contributed by atoms with Crippen LogP contribution in [0.1, 0.15) is 18.7 Å². The molecule has 28 heavy (non-hydrogen) atoms. The summed E-state index contributed by atoms with van der Waals surface area (Å²) in [5, 5.41) is 5.58. The highest BCUT2D eigenvalue weighted by atomic mass is 32.2. The number of carbonyl (C=O) groups excluding carboxylic acids is 2. The van der Waals surface area contributed by atoms with Gasteiger partial charge in [0.2, 0.25) is 0 Å². The van der Waals surface area contributed by atoms with Crippen molar-refractivity contribution in [2.45, 2.75) is 17.9 Å². The van der Waals surface area contributed by atoms with E-state index in [0.717, 1.165) is 18.0 Å². The molecule has 0 fully saturated rings. The lowest BCUT2D eigenvalue weighted by Crippen LogP contribution is -2.49. The number of urea groups is 1. The molecular weight excluding hydrogens is 378 g/mol. The minimum absolute atomic E-state index is 0.248. The van der Waals surface area contributed by atoms with Crippen LogP contribution in [0, 0.1) is 0 Å². The van der Waals surface area contributed by atoms with E-state index in [1.165, 1.54) is 11.2 Å². The molecule has 0 spiro atoms. The summed E-state index contributed by atoms with van der Waals surface area (Å²) in [6, 6.07) is 10.5. The van der Waals surface area contributed by atoms with Crippen LogP contribution in [0.5, 0.6) is 0 Å². The van der Waals surface area contributed by atoms with Crippen molar-refractivity contribution in [1.29, 1.82) is 0 Å². The standard InChI is InChI=1S/C20H21N3O4S/c1-2-26-19(24)17-13(21-20(25)22-18(17)15-7-5-10-27-15)12-23-9-11-28-16-8-4-3-6-14(16)23/h3-8,10,18H,2,9,11-12H2,1H3,(H2,21,22,25)/t18-/m1/s1. The zero-order valence-corrected chi connectivity index (χ0v) is 16.3.